The highest BCUT2D eigenvalue weighted by molar-refractivity contribution is 7.93. The maximum Gasteiger partial charge on any atom is 0.170 e. The van der Waals surface area contributed by atoms with Crippen molar-refractivity contribution < 1.29 is 8.60 Å². The van der Waals surface area contributed by atoms with Gasteiger partial charge in [0.25, 0.3) is 0 Å². The second kappa shape index (κ2) is 8.99. The lowest BCUT2D eigenvalue weighted by molar-refractivity contribution is 0.628. The van der Waals surface area contributed by atoms with Crippen LogP contribution in [0.4, 0.5) is 15.9 Å². The van der Waals surface area contributed by atoms with E-state index in [0.29, 0.717) is 27.4 Å². The van der Waals surface area contributed by atoms with Crippen molar-refractivity contribution in [2.45, 2.75) is 31.6 Å². The van der Waals surface area contributed by atoms with Crippen molar-refractivity contribution in [2.24, 2.45) is 4.36 Å². The highest BCUT2D eigenvalue weighted by atomic mass is 32.2. The predicted octanol–water partition coefficient (Wildman–Crippen LogP) is 6.84. The van der Waals surface area contributed by atoms with Crippen molar-refractivity contribution in [3.05, 3.63) is 83.3 Å². The van der Waals surface area contributed by atoms with E-state index in [0.717, 1.165) is 27.8 Å². The molecule has 0 radical (unpaired) electrons. The Morgan fingerprint density at radius 1 is 1.09 bits per heavy atom. The molecule has 1 aromatic heterocycles. The van der Waals surface area contributed by atoms with Crippen LogP contribution in [0.15, 0.2) is 69.9 Å². The second-order valence-electron chi connectivity index (χ2n) is 8.74. The Bertz CT molecular complexity index is 1540. The number of nitrogens with two attached hydrogens (primary N) is 1. The van der Waals surface area contributed by atoms with Crippen molar-refractivity contribution in [1.82, 2.24) is 4.98 Å². The first-order chi connectivity index (χ1) is 16.1. The molecule has 4 aromatic rings. The van der Waals surface area contributed by atoms with Gasteiger partial charge in [0.15, 0.2) is 5.82 Å². The lowest BCUT2D eigenvalue weighted by atomic mass is 9.91. The van der Waals surface area contributed by atoms with Crippen LogP contribution in [0.5, 0.6) is 0 Å². The molecule has 0 saturated heterocycles. The van der Waals surface area contributed by atoms with Gasteiger partial charge < -0.3 is 11.1 Å². The van der Waals surface area contributed by atoms with E-state index >= 15 is 0 Å². The molecule has 0 spiro atoms. The summed E-state index contributed by atoms with van der Waals surface area (Å²) in [6, 6.07) is 17.3. The van der Waals surface area contributed by atoms with Gasteiger partial charge in [0.2, 0.25) is 0 Å². The third-order valence-corrected chi connectivity index (χ3v) is 7.39. The molecule has 0 amide bonds. The quantitative estimate of drug-likeness (QED) is 0.245. The maximum absolute atomic E-state index is 13.7. The summed E-state index contributed by atoms with van der Waals surface area (Å²) in [5.41, 5.74) is 10.5. The molecule has 0 saturated carbocycles. The summed E-state index contributed by atoms with van der Waals surface area (Å²) in [6.45, 7) is 5.98. The fourth-order valence-electron chi connectivity index (χ4n) is 3.99. The van der Waals surface area contributed by atoms with Crippen LogP contribution in [-0.2, 0) is 9.73 Å². The summed E-state index contributed by atoms with van der Waals surface area (Å²) in [6.07, 6.45) is 2.80. The van der Waals surface area contributed by atoms with E-state index in [1.807, 2.05) is 45.0 Å². The number of pyridine rings is 1. The van der Waals surface area contributed by atoms with E-state index in [-0.39, 0.29) is 11.7 Å². The molecule has 0 bridgehead atoms. The second-order valence-corrected chi connectivity index (χ2v) is 11.0. The summed E-state index contributed by atoms with van der Waals surface area (Å²) >= 11 is 0. The van der Waals surface area contributed by atoms with Crippen molar-refractivity contribution in [3.8, 4) is 11.1 Å². The van der Waals surface area contributed by atoms with Crippen LogP contribution in [0.2, 0.25) is 0 Å². The van der Waals surface area contributed by atoms with Gasteiger partial charge in [0.05, 0.1) is 15.4 Å². The van der Waals surface area contributed by atoms with Crippen molar-refractivity contribution >= 4 is 38.2 Å². The molecule has 3 aromatic carbocycles. The summed E-state index contributed by atoms with van der Waals surface area (Å²) in [7, 11) is -2.80. The lowest BCUT2D eigenvalue weighted by Gasteiger charge is -2.18. The van der Waals surface area contributed by atoms with Crippen LogP contribution in [0.25, 0.3) is 21.9 Å². The van der Waals surface area contributed by atoms with Crippen molar-refractivity contribution in [2.75, 3.05) is 12.0 Å². The molecule has 0 fully saturated rings. The zero-order valence-corrected chi connectivity index (χ0v) is 20.4. The molecule has 0 aliphatic rings. The van der Waals surface area contributed by atoms with Crippen LogP contribution in [-0.4, -0.2) is 21.7 Å². The van der Waals surface area contributed by atoms with Crippen LogP contribution >= 0.6 is 0 Å². The maximum atomic E-state index is 13.7. The molecule has 34 heavy (non-hydrogen) atoms. The number of hydrogen-bond donors (Lipinski definition) is 2. The van der Waals surface area contributed by atoms with E-state index in [1.54, 1.807) is 30.5 Å². The topological polar surface area (TPSA) is 92.2 Å². The van der Waals surface area contributed by atoms with Crippen LogP contribution < -0.4 is 5.73 Å². The molecule has 5 nitrogen and oxygen atoms in total. The number of hydrogen-bond acceptors (Lipinski definition) is 5. The first-order valence-corrected chi connectivity index (χ1v) is 12.9. The molecular weight excluding hydrogens is 447 g/mol. The molecule has 174 valence electrons. The summed E-state index contributed by atoms with van der Waals surface area (Å²) < 4.78 is 32.1. The van der Waals surface area contributed by atoms with Gasteiger partial charge in [-0.15, -0.1) is 0 Å². The first kappa shape index (κ1) is 23.6. The number of nitrogen functional groups attached to an aromatic ring is 1. The molecule has 3 N–H and O–H groups in total. The van der Waals surface area contributed by atoms with Crippen molar-refractivity contribution in [1.29, 1.82) is 5.41 Å². The van der Waals surface area contributed by atoms with Gasteiger partial charge in [-0.25, -0.2) is 13.6 Å². The Kier molecular flexibility index (Phi) is 6.23. The lowest BCUT2D eigenvalue weighted by Crippen LogP contribution is -2.03. The van der Waals surface area contributed by atoms with Gasteiger partial charge in [-0.3, -0.25) is 0 Å². The third-order valence-electron chi connectivity index (χ3n) is 5.74. The Balaban J connectivity index is 2.13. The fourth-order valence-corrected chi connectivity index (χ4v) is 5.30. The number of anilines is 1. The fraction of sp³-hybridized carbons (Fsp3) is 0.185. The minimum atomic E-state index is -2.80. The number of nitrogens with one attached hydrogen (secondary N) is 1. The Morgan fingerprint density at radius 3 is 2.41 bits per heavy atom. The minimum Gasteiger partial charge on any atom is -0.398 e. The summed E-state index contributed by atoms with van der Waals surface area (Å²) in [4.78, 5) is 5.50. The molecule has 0 aliphatic heterocycles. The summed E-state index contributed by atoms with van der Waals surface area (Å²) in [5.74, 6) is 0.0140. The van der Waals surface area contributed by atoms with Gasteiger partial charge in [0.1, 0.15) is 5.82 Å². The Labute approximate surface area is 199 Å². The van der Waals surface area contributed by atoms with Crippen LogP contribution in [0, 0.1) is 18.2 Å². The van der Waals surface area contributed by atoms with Crippen molar-refractivity contribution in [3.63, 3.8) is 0 Å². The van der Waals surface area contributed by atoms with E-state index < -0.39 is 9.73 Å². The smallest absolute Gasteiger partial charge is 0.170 e. The zero-order valence-electron chi connectivity index (χ0n) is 19.6. The van der Waals surface area contributed by atoms with E-state index in [9.17, 15) is 8.60 Å². The molecule has 1 unspecified atom stereocenters. The first-order valence-electron chi connectivity index (χ1n) is 10.9. The number of rotatable bonds is 5. The molecule has 7 heteroatoms. The van der Waals surface area contributed by atoms with Gasteiger partial charge >= 0.3 is 0 Å². The Morgan fingerprint density at radius 2 is 1.79 bits per heavy atom. The predicted molar refractivity (Wildman–Crippen MR) is 139 cm³/mol. The zero-order chi connectivity index (χ0) is 24.6. The van der Waals surface area contributed by atoms with Crippen LogP contribution in [0.3, 0.4) is 0 Å². The third kappa shape index (κ3) is 4.43. The molecule has 1 heterocycles. The monoisotopic (exact) mass is 474 g/mol. The average Bonchev–Trinajstić information content (AvgIpc) is 2.79. The van der Waals surface area contributed by atoms with Gasteiger partial charge in [-0.2, -0.15) is 4.36 Å². The van der Waals surface area contributed by atoms with Gasteiger partial charge in [-0.1, -0.05) is 38.1 Å². The van der Waals surface area contributed by atoms with Crippen LogP contribution in [0.1, 0.15) is 36.6 Å². The Hall–Kier alpha value is -3.58. The van der Waals surface area contributed by atoms with Gasteiger partial charge in [0, 0.05) is 39.6 Å². The van der Waals surface area contributed by atoms with E-state index in [1.165, 1.54) is 18.3 Å². The highest BCUT2D eigenvalue weighted by Gasteiger charge is 2.20. The van der Waals surface area contributed by atoms with E-state index in [2.05, 4.69) is 4.36 Å². The largest absolute Gasteiger partial charge is 0.398 e. The van der Waals surface area contributed by atoms with Gasteiger partial charge in [-0.05, 0) is 65.8 Å². The number of halogens is 1. The molecular formula is C27H27FN4OS. The number of nitrogens with zero attached hydrogens (tertiary/aromatic N) is 2. The molecule has 0 aliphatic carbocycles. The van der Waals surface area contributed by atoms with E-state index in [4.69, 9.17) is 16.1 Å². The molecule has 1 atom stereocenters. The number of benzene rings is 3. The number of aryl methyl sites for hydroxylation is 1. The summed E-state index contributed by atoms with van der Waals surface area (Å²) in [5, 5.41) is 9.20. The standard InChI is InChI=1S/C27H27FN4OS/c1-16(2)26-25(18-8-10-20(28)11-9-18)22-13-19(15-29)24(30)14-23(22)27(31-26)32-34(4,33)21-7-5-6-17(3)12-21/h5-16,29H,30H2,1-4H3. The normalized spacial score (nSPS) is 13.1. The number of aromatic nitrogens is 1. The number of fused-ring (bicyclic) bond motifs is 1. The SMILES string of the molecule is Cc1cccc(S(C)(=O)=Nc2nc(C(C)C)c(-c3ccc(F)cc3)c3cc(C=N)c(N)cc23)c1. The molecule has 4 rings (SSSR count). The average molecular weight is 475 g/mol. The minimum absolute atomic E-state index is 0.00580. The highest BCUT2D eigenvalue weighted by Crippen LogP contribution is 2.41.